The van der Waals surface area contributed by atoms with Gasteiger partial charge in [0.05, 0.1) is 0 Å². The number of aromatic nitrogens is 2. The van der Waals surface area contributed by atoms with Crippen molar-refractivity contribution in [3.63, 3.8) is 0 Å². The van der Waals surface area contributed by atoms with E-state index < -0.39 is 10.0 Å². The lowest BCUT2D eigenvalue weighted by Gasteiger charge is -2.05. The van der Waals surface area contributed by atoms with E-state index in [0.29, 0.717) is 24.4 Å². The molecule has 0 spiro atoms. The number of nitrogens with one attached hydrogen (secondary N) is 2. The summed E-state index contributed by atoms with van der Waals surface area (Å²) in [5, 5.41) is 4.79. The van der Waals surface area contributed by atoms with Crippen molar-refractivity contribution in [1.82, 2.24) is 14.9 Å². The molecule has 0 unspecified atom stereocenters. The molecule has 3 rings (SSSR count). The van der Waals surface area contributed by atoms with Gasteiger partial charge in [0.2, 0.25) is 10.0 Å². The van der Waals surface area contributed by atoms with E-state index in [1.807, 2.05) is 30.5 Å². The minimum Gasteiger partial charge on any atom is -0.361 e. The van der Waals surface area contributed by atoms with Crippen LogP contribution in [0.3, 0.4) is 0 Å². The first kappa shape index (κ1) is 14.8. The second kappa shape index (κ2) is 5.58. The van der Waals surface area contributed by atoms with Gasteiger partial charge in [-0.3, -0.25) is 0 Å². The number of aryl methyl sites for hydroxylation is 2. The van der Waals surface area contributed by atoms with E-state index >= 15 is 0 Å². The largest absolute Gasteiger partial charge is 0.361 e. The molecule has 0 atom stereocenters. The van der Waals surface area contributed by atoms with Crippen molar-refractivity contribution in [2.45, 2.75) is 25.2 Å². The van der Waals surface area contributed by atoms with Gasteiger partial charge in [-0.1, -0.05) is 23.4 Å². The zero-order valence-electron chi connectivity index (χ0n) is 12.4. The number of H-pyrrole nitrogens is 1. The van der Waals surface area contributed by atoms with Gasteiger partial charge in [0.1, 0.15) is 10.6 Å². The highest BCUT2D eigenvalue weighted by Gasteiger charge is 2.23. The highest BCUT2D eigenvalue weighted by molar-refractivity contribution is 7.89. The normalized spacial score (nSPS) is 12.1. The third kappa shape index (κ3) is 2.65. The lowest BCUT2D eigenvalue weighted by molar-refractivity contribution is 0.390. The summed E-state index contributed by atoms with van der Waals surface area (Å²) in [6.45, 7) is 3.52. The topological polar surface area (TPSA) is 88.0 Å². The van der Waals surface area contributed by atoms with Crippen molar-refractivity contribution in [2.24, 2.45) is 0 Å². The molecule has 0 saturated heterocycles. The van der Waals surface area contributed by atoms with E-state index in [0.717, 1.165) is 16.5 Å². The number of nitrogens with zero attached hydrogens (tertiary/aromatic N) is 1. The van der Waals surface area contributed by atoms with Crippen molar-refractivity contribution in [3.8, 4) is 0 Å². The molecule has 0 aliphatic carbocycles. The van der Waals surface area contributed by atoms with Crippen LogP contribution in [-0.4, -0.2) is 25.1 Å². The second-order valence-corrected chi connectivity index (χ2v) is 6.86. The maximum absolute atomic E-state index is 12.3. The summed E-state index contributed by atoms with van der Waals surface area (Å²) in [6.07, 6.45) is 2.52. The van der Waals surface area contributed by atoms with Crippen LogP contribution in [0.15, 0.2) is 39.9 Å². The molecule has 0 saturated carbocycles. The summed E-state index contributed by atoms with van der Waals surface area (Å²) in [5.74, 6) is 0.303. The Morgan fingerprint density at radius 3 is 2.77 bits per heavy atom. The summed E-state index contributed by atoms with van der Waals surface area (Å²) in [6, 6.07) is 7.94. The van der Waals surface area contributed by atoms with E-state index in [2.05, 4.69) is 14.9 Å². The predicted octanol–water partition coefficient (Wildman–Crippen LogP) is 2.29. The molecule has 0 fully saturated rings. The van der Waals surface area contributed by atoms with Gasteiger partial charge in [0.25, 0.3) is 0 Å². The fourth-order valence-electron chi connectivity index (χ4n) is 2.59. The molecule has 3 aromatic rings. The molecule has 2 N–H and O–H groups in total. The van der Waals surface area contributed by atoms with Crippen LogP contribution in [0.25, 0.3) is 10.9 Å². The van der Waals surface area contributed by atoms with Crippen LogP contribution in [-0.2, 0) is 16.4 Å². The number of hydrogen-bond acceptors (Lipinski definition) is 4. The summed E-state index contributed by atoms with van der Waals surface area (Å²) < 4.78 is 32.1. The van der Waals surface area contributed by atoms with E-state index in [9.17, 15) is 8.42 Å². The Hall–Kier alpha value is -2.12. The number of fused-ring (bicyclic) bond motifs is 1. The van der Waals surface area contributed by atoms with Gasteiger partial charge in [0, 0.05) is 23.6 Å². The minimum atomic E-state index is -3.60. The number of aromatic amines is 1. The summed E-state index contributed by atoms with van der Waals surface area (Å²) >= 11 is 0. The van der Waals surface area contributed by atoms with Crippen LogP contribution in [0.1, 0.15) is 17.0 Å². The minimum absolute atomic E-state index is 0.131. The fraction of sp³-hybridized carbons (Fsp3) is 0.267. The first-order valence-electron chi connectivity index (χ1n) is 6.96. The summed E-state index contributed by atoms with van der Waals surface area (Å²) in [7, 11) is -3.60. The van der Waals surface area contributed by atoms with Crippen molar-refractivity contribution < 1.29 is 12.9 Å². The molecule has 1 aromatic carbocycles. The van der Waals surface area contributed by atoms with Crippen LogP contribution < -0.4 is 4.72 Å². The number of hydrogen-bond donors (Lipinski definition) is 2. The molecule has 0 bridgehead atoms. The molecular weight excluding hydrogens is 302 g/mol. The Balaban J connectivity index is 1.73. The zero-order chi connectivity index (χ0) is 15.7. The van der Waals surface area contributed by atoms with Gasteiger partial charge >= 0.3 is 0 Å². The summed E-state index contributed by atoms with van der Waals surface area (Å²) in [5.41, 5.74) is 2.50. The lowest BCUT2D eigenvalue weighted by atomic mass is 10.1. The molecule has 0 radical (unpaired) electrons. The van der Waals surface area contributed by atoms with E-state index in [1.54, 1.807) is 13.8 Å². The number of benzene rings is 1. The molecule has 22 heavy (non-hydrogen) atoms. The molecule has 0 amide bonds. The van der Waals surface area contributed by atoms with Gasteiger partial charge in [-0.05, 0) is 31.9 Å². The maximum atomic E-state index is 12.3. The van der Waals surface area contributed by atoms with Crippen LogP contribution >= 0.6 is 0 Å². The highest BCUT2D eigenvalue weighted by atomic mass is 32.2. The first-order chi connectivity index (χ1) is 10.5. The van der Waals surface area contributed by atoms with Gasteiger partial charge < -0.3 is 9.51 Å². The average Bonchev–Trinajstić information content (AvgIpc) is 3.03. The Kier molecular flexibility index (Phi) is 3.76. The van der Waals surface area contributed by atoms with Crippen molar-refractivity contribution >= 4 is 20.9 Å². The third-order valence-corrected chi connectivity index (χ3v) is 5.30. The maximum Gasteiger partial charge on any atom is 0.245 e. The zero-order valence-corrected chi connectivity index (χ0v) is 13.2. The van der Waals surface area contributed by atoms with E-state index in [1.165, 1.54) is 0 Å². The van der Waals surface area contributed by atoms with Crippen LogP contribution in [0.5, 0.6) is 0 Å². The smallest absolute Gasteiger partial charge is 0.245 e. The Morgan fingerprint density at radius 2 is 2.05 bits per heavy atom. The average molecular weight is 319 g/mol. The molecule has 116 valence electrons. The molecule has 7 heteroatoms. The monoisotopic (exact) mass is 319 g/mol. The number of sulfonamides is 1. The molecule has 6 nitrogen and oxygen atoms in total. The second-order valence-electron chi connectivity index (χ2n) is 5.16. The highest BCUT2D eigenvalue weighted by Crippen LogP contribution is 2.20. The lowest BCUT2D eigenvalue weighted by Crippen LogP contribution is -2.26. The number of rotatable bonds is 5. The molecule has 2 heterocycles. The van der Waals surface area contributed by atoms with Crippen LogP contribution in [0.2, 0.25) is 0 Å². The molecule has 0 aliphatic heterocycles. The molecular formula is C15H17N3O3S. The summed E-state index contributed by atoms with van der Waals surface area (Å²) in [4.78, 5) is 3.31. The SMILES string of the molecule is Cc1noc(C)c1S(=O)(=O)NCCc1c[nH]c2ccccc12. The van der Waals surface area contributed by atoms with Crippen LogP contribution in [0.4, 0.5) is 0 Å². The number of para-hydroxylation sites is 1. The van der Waals surface area contributed by atoms with Crippen molar-refractivity contribution in [2.75, 3.05) is 6.54 Å². The quantitative estimate of drug-likeness (QED) is 0.755. The first-order valence-corrected chi connectivity index (χ1v) is 8.45. The van der Waals surface area contributed by atoms with E-state index in [4.69, 9.17) is 4.52 Å². The fourth-order valence-corrected chi connectivity index (χ4v) is 3.95. The van der Waals surface area contributed by atoms with Gasteiger partial charge in [-0.25, -0.2) is 13.1 Å². The van der Waals surface area contributed by atoms with Crippen molar-refractivity contribution in [3.05, 3.63) is 47.5 Å². The van der Waals surface area contributed by atoms with Crippen LogP contribution in [0, 0.1) is 13.8 Å². The Bertz CT molecular complexity index is 890. The van der Waals surface area contributed by atoms with Gasteiger partial charge in [0.15, 0.2) is 5.76 Å². The van der Waals surface area contributed by atoms with Crippen molar-refractivity contribution in [1.29, 1.82) is 0 Å². The molecule has 0 aliphatic rings. The third-order valence-electron chi connectivity index (χ3n) is 3.60. The Labute approximate surface area is 128 Å². The van der Waals surface area contributed by atoms with Gasteiger partial charge in [-0.15, -0.1) is 0 Å². The Morgan fingerprint density at radius 1 is 1.27 bits per heavy atom. The molecule has 2 aromatic heterocycles. The van der Waals surface area contributed by atoms with E-state index in [-0.39, 0.29) is 4.90 Å². The van der Waals surface area contributed by atoms with Gasteiger partial charge in [-0.2, -0.15) is 0 Å². The standard InChI is InChI=1S/C15H17N3O3S/c1-10-15(11(2)21-18-10)22(19,20)17-8-7-12-9-16-14-6-4-3-5-13(12)14/h3-6,9,16-17H,7-8H2,1-2H3. The predicted molar refractivity (Wildman–Crippen MR) is 83.2 cm³/mol.